The molecule has 0 unspecified atom stereocenters. The lowest BCUT2D eigenvalue weighted by Crippen LogP contribution is -2.34. The molecule has 1 aromatic carbocycles. The number of likely N-dealkylation sites (N-methyl/N-ethyl adjacent to an activating group) is 1. The van der Waals surface area contributed by atoms with Crippen LogP contribution in [0.5, 0.6) is 11.5 Å². The molecule has 0 aliphatic carbocycles. The van der Waals surface area contributed by atoms with E-state index in [1.54, 1.807) is 12.1 Å². The molecule has 16 heavy (non-hydrogen) atoms. The van der Waals surface area contributed by atoms with Gasteiger partial charge in [0, 0.05) is 6.54 Å². The molecule has 0 aromatic heterocycles. The number of likely N-dealkylation sites (tertiary alicyclic amines) is 1. The highest BCUT2D eigenvalue weighted by atomic mass is 16.3. The fraction of sp³-hybridized carbons (Fsp3) is 0.538. The van der Waals surface area contributed by atoms with E-state index in [0.717, 1.165) is 18.7 Å². The van der Waals surface area contributed by atoms with E-state index in [9.17, 15) is 10.2 Å². The van der Waals surface area contributed by atoms with E-state index in [0.29, 0.717) is 5.92 Å². The molecule has 1 saturated heterocycles. The molecule has 0 bridgehead atoms. The van der Waals surface area contributed by atoms with E-state index in [2.05, 4.69) is 11.8 Å². The molecule has 1 atom stereocenters. The fourth-order valence-electron chi connectivity index (χ4n) is 2.41. The predicted octanol–water partition coefficient (Wildman–Crippen LogP) is 2.30. The highest BCUT2D eigenvalue weighted by Gasteiger charge is 2.20. The highest BCUT2D eigenvalue weighted by Crippen LogP contribution is 2.32. The van der Waals surface area contributed by atoms with Gasteiger partial charge in [-0.05, 0) is 49.5 Å². The summed E-state index contributed by atoms with van der Waals surface area (Å²) in [6, 6.07) is 5.19. The molecular weight excluding hydrogens is 202 g/mol. The number of piperidine rings is 1. The van der Waals surface area contributed by atoms with Crippen molar-refractivity contribution in [3.63, 3.8) is 0 Å². The van der Waals surface area contributed by atoms with Crippen LogP contribution in [0.1, 0.15) is 31.2 Å². The standard InChI is InChI=1S/C13H19NO2/c1-2-14-7-3-4-11(9-14)10-5-6-12(15)13(16)8-10/h5-6,8,11,15-16H,2-4,7,9H2,1H3/t11-/m0/s1. The van der Waals surface area contributed by atoms with Crippen molar-refractivity contribution in [1.29, 1.82) is 0 Å². The molecule has 88 valence electrons. The largest absolute Gasteiger partial charge is 0.504 e. The molecule has 3 heteroatoms. The highest BCUT2D eigenvalue weighted by molar-refractivity contribution is 5.41. The number of hydrogen-bond donors (Lipinski definition) is 2. The van der Waals surface area contributed by atoms with E-state index >= 15 is 0 Å². The maximum atomic E-state index is 9.49. The van der Waals surface area contributed by atoms with Crippen molar-refractivity contribution in [3.8, 4) is 11.5 Å². The second-order valence-electron chi connectivity index (χ2n) is 4.48. The second kappa shape index (κ2) is 4.74. The van der Waals surface area contributed by atoms with Crippen LogP contribution in [-0.2, 0) is 0 Å². The average molecular weight is 221 g/mol. The molecule has 0 amide bonds. The Morgan fingerprint density at radius 3 is 2.81 bits per heavy atom. The van der Waals surface area contributed by atoms with Gasteiger partial charge in [0.25, 0.3) is 0 Å². The van der Waals surface area contributed by atoms with E-state index < -0.39 is 0 Å². The van der Waals surface area contributed by atoms with Crippen LogP contribution in [-0.4, -0.2) is 34.7 Å². The summed E-state index contributed by atoms with van der Waals surface area (Å²) in [5, 5.41) is 18.8. The van der Waals surface area contributed by atoms with Crippen molar-refractivity contribution < 1.29 is 10.2 Å². The van der Waals surface area contributed by atoms with E-state index in [-0.39, 0.29) is 11.5 Å². The quantitative estimate of drug-likeness (QED) is 0.753. The van der Waals surface area contributed by atoms with Crippen LogP contribution < -0.4 is 0 Å². The minimum Gasteiger partial charge on any atom is -0.504 e. The van der Waals surface area contributed by atoms with Gasteiger partial charge in [0.1, 0.15) is 0 Å². The van der Waals surface area contributed by atoms with Gasteiger partial charge in [-0.15, -0.1) is 0 Å². The summed E-state index contributed by atoms with van der Waals surface area (Å²) in [6.07, 6.45) is 2.38. The van der Waals surface area contributed by atoms with Crippen molar-refractivity contribution >= 4 is 0 Å². The summed E-state index contributed by atoms with van der Waals surface area (Å²) >= 11 is 0. The Kier molecular flexibility index (Phi) is 3.34. The lowest BCUT2D eigenvalue weighted by atomic mass is 9.90. The summed E-state index contributed by atoms with van der Waals surface area (Å²) in [4.78, 5) is 2.43. The summed E-state index contributed by atoms with van der Waals surface area (Å²) in [5.74, 6) is 0.443. The zero-order valence-corrected chi connectivity index (χ0v) is 9.69. The van der Waals surface area contributed by atoms with Gasteiger partial charge in [-0.25, -0.2) is 0 Å². The van der Waals surface area contributed by atoms with Crippen LogP contribution in [0, 0.1) is 0 Å². The van der Waals surface area contributed by atoms with Crippen LogP contribution in [0.25, 0.3) is 0 Å². The molecule has 1 aromatic rings. The summed E-state index contributed by atoms with van der Waals surface area (Å²) in [6.45, 7) is 5.50. The zero-order valence-electron chi connectivity index (χ0n) is 9.69. The Morgan fingerprint density at radius 2 is 2.12 bits per heavy atom. The van der Waals surface area contributed by atoms with Gasteiger partial charge in [0.05, 0.1) is 0 Å². The molecule has 1 aliphatic rings. The van der Waals surface area contributed by atoms with E-state index in [4.69, 9.17) is 0 Å². The molecule has 1 aliphatic heterocycles. The lowest BCUT2D eigenvalue weighted by Gasteiger charge is -2.32. The molecule has 0 spiro atoms. The Labute approximate surface area is 96.3 Å². The molecule has 3 nitrogen and oxygen atoms in total. The molecule has 2 rings (SSSR count). The maximum Gasteiger partial charge on any atom is 0.157 e. The van der Waals surface area contributed by atoms with Crippen molar-refractivity contribution in [2.24, 2.45) is 0 Å². The van der Waals surface area contributed by atoms with Crippen LogP contribution >= 0.6 is 0 Å². The minimum atomic E-state index is -0.0353. The third-order valence-electron chi connectivity index (χ3n) is 3.42. The van der Waals surface area contributed by atoms with Gasteiger partial charge >= 0.3 is 0 Å². The van der Waals surface area contributed by atoms with Crippen LogP contribution in [0.15, 0.2) is 18.2 Å². The van der Waals surface area contributed by atoms with Gasteiger partial charge in [-0.3, -0.25) is 0 Å². The smallest absolute Gasteiger partial charge is 0.157 e. The van der Waals surface area contributed by atoms with Gasteiger partial charge in [0.2, 0.25) is 0 Å². The molecular formula is C13H19NO2. The zero-order chi connectivity index (χ0) is 11.5. The van der Waals surface area contributed by atoms with Gasteiger partial charge in [0.15, 0.2) is 11.5 Å². The van der Waals surface area contributed by atoms with Crippen LogP contribution in [0.4, 0.5) is 0 Å². The molecule has 0 saturated carbocycles. The number of rotatable bonds is 2. The molecule has 1 heterocycles. The topological polar surface area (TPSA) is 43.7 Å². The van der Waals surface area contributed by atoms with E-state index in [1.807, 2.05) is 6.07 Å². The Morgan fingerprint density at radius 1 is 1.31 bits per heavy atom. The van der Waals surface area contributed by atoms with Crippen LogP contribution in [0.3, 0.4) is 0 Å². The maximum absolute atomic E-state index is 9.49. The third kappa shape index (κ3) is 2.30. The van der Waals surface area contributed by atoms with Gasteiger partial charge in [-0.2, -0.15) is 0 Å². The number of aromatic hydroxyl groups is 2. The molecule has 1 fully saturated rings. The van der Waals surface area contributed by atoms with Crippen molar-refractivity contribution in [1.82, 2.24) is 4.90 Å². The third-order valence-corrected chi connectivity index (χ3v) is 3.42. The number of benzene rings is 1. The fourth-order valence-corrected chi connectivity index (χ4v) is 2.41. The summed E-state index contributed by atoms with van der Waals surface area (Å²) < 4.78 is 0. The molecule has 0 radical (unpaired) electrons. The molecule has 2 N–H and O–H groups in total. The normalized spacial score (nSPS) is 22.2. The summed E-state index contributed by atoms with van der Waals surface area (Å²) in [5.41, 5.74) is 1.13. The monoisotopic (exact) mass is 221 g/mol. The second-order valence-corrected chi connectivity index (χ2v) is 4.48. The first-order chi connectivity index (χ1) is 7.70. The SMILES string of the molecule is CCN1CCC[C@H](c2ccc(O)c(O)c2)C1. The van der Waals surface area contributed by atoms with Crippen LogP contribution in [0.2, 0.25) is 0 Å². The predicted molar refractivity (Wildman–Crippen MR) is 63.9 cm³/mol. The van der Waals surface area contributed by atoms with Crippen molar-refractivity contribution in [2.75, 3.05) is 19.6 Å². The van der Waals surface area contributed by atoms with Crippen molar-refractivity contribution in [2.45, 2.75) is 25.7 Å². The number of hydrogen-bond acceptors (Lipinski definition) is 3. The first kappa shape index (κ1) is 11.3. The van der Waals surface area contributed by atoms with Crippen molar-refractivity contribution in [3.05, 3.63) is 23.8 Å². The Balaban J connectivity index is 2.13. The first-order valence-corrected chi connectivity index (χ1v) is 5.95. The Bertz CT molecular complexity index is 365. The number of phenols is 2. The minimum absolute atomic E-state index is 0.00822. The number of phenolic OH excluding ortho intramolecular Hbond substituents is 2. The van der Waals surface area contributed by atoms with Gasteiger partial charge < -0.3 is 15.1 Å². The Hall–Kier alpha value is -1.22. The summed E-state index contributed by atoms with van der Waals surface area (Å²) in [7, 11) is 0. The lowest BCUT2D eigenvalue weighted by molar-refractivity contribution is 0.217. The average Bonchev–Trinajstić information content (AvgIpc) is 2.33. The first-order valence-electron chi connectivity index (χ1n) is 5.95. The van der Waals surface area contributed by atoms with Gasteiger partial charge in [-0.1, -0.05) is 13.0 Å². The van der Waals surface area contributed by atoms with E-state index in [1.165, 1.54) is 19.4 Å². The number of nitrogens with zero attached hydrogens (tertiary/aromatic N) is 1.